The minimum atomic E-state index is -0.107. The molecule has 1 N–H and O–H groups in total. The normalized spacial score (nSPS) is 15.6. The Kier molecular flexibility index (Phi) is 4.93. The number of oxazole rings is 1. The SMILES string of the molecule is N#Cc1nc(-c2ccco2)oc1N1CCN(CC(=O)Nc2ccc3c(c2)OCO3)CC1. The number of ether oxygens (including phenoxy) is 2. The molecule has 31 heavy (non-hydrogen) atoms. The van der Waals surface area contributed by atoms with Crippen LogP contribution in [-0.4, -0.2) is 55.3 Å². The molecule has 1 aromatic carbocycles. The van der Waals surface area contributed by atoms with Crippen molar-refractivity contribution in [1.82, 2.24) is 9.88 Å². The minimum Gasteiger partial charge on any atom is -0.459 e. The van der Waals surface area contributed by atoms with E-state index in [4.69, 9.17) is 18.3 Å². The molecule has 0 bridgehead atoms. The highest BCUT2D eigenvalue weighted by atomic mass is 16.7. The topological polar surface area (TPSA) is 117 Å². The van der Waals surface area contributed by atoms with Gasteiger partial charge in [-0.3, -0.25) is 9.69 Å². The fourth-order valence-electron chi connectivity index (χ4n) is 3.59. The highest BCUT2D eigenvalue weighted by Crippen LogP contribution is 2.34. The van der Waals surface area contributed by atoms with E-state index in [1.54, 1.807) is 30.3 Å². The summed E-state index contributed by atoms with van der Waals surface area (Å²) in [6.07, 6.45) is 1.53. The summed E-state index contributed by atoms with van der Waals surface area (Å²) >= 11 is 0. The molecular formula is C21H19N5O5. The maximum absolute atomic E-state index is 12.4. The second-order valence-corrected chi connectivity index (χ2v) is 7.14. The molecule has 10 nitrogen and oxygen atoms in total. The number of nitrogens with zero attached hydrogens (tertiary/aromatic N) is 4. The molecule has 1 saturated heterocycles. The molecule has 2 aliphatic rings. The minimum absolute atomic E-state index is 0.107. The van der Waals surface area contributed by atoms with Crippen LogP contribution in [-0.2, 0) is 4.79 Å². The molecule has 0 aliphatic carbocycles. The molecule has 2 aromatic heterocycles. The molecule has 2 aliphatic heterocycles. The quantitative estimate of drug-likeness (QED) is 0.662. The summed E-state index contributed by atoms with van der Waals surface area (Å²) in [5.41, 5.74) is 0.888. The van der Waals surface area contributed by atoms with Crippen LogP contribution >= 0.6 is 0 Å². The Morgan fingerprint density at radius 3 is 2.77 bits per heavy atom. The molecule has 158 valence electrons. The van der Waals surface area contributed by atoms with Crippen LogP contribution in [0.25, 0.3) is 11.7 Å². The van der Waals surface area contributed by atoms with E-state index in [2.05, 4.69) is 21.3 Å². The number of hydrogen-bond acceptors (Lipinski definition) is 9. The van der Waals surface area contributed by atoms with E-state index in [9.17, 15) is 10.1 Å². The molecule has 0 unspecified atom stereocenters. The van der Waals surface area contributed by atoms with Crippen LogP contribution < -0.4 is 19.7 Å². The number of amides is 1. The summed E-state index contributed by atoms with van der Waals surface area (Å²) in [5.74, 6) is 2.38. The number of aromatic nitrogens is 1. The monoisotopic (exact) mass is 421 g/mol. The van der Waals surface area contributed by atoms with Crippen molar-refractivity contribution in [3.05, 3.63) is 42.3 Å². The zero-order valence-corrected chi connectivity index (χ0v) is 16.5. The van der Waals surface area contributed by atoms with Gasteiger partial charge in [0, 0.05) is 37.9 Å². The third-order valence-electron chi connectivity index (χ3n) is 5.13. The number of fused-ring (bicyclic) bond motifs is 1. The number of rotatable bonds is 5. The first kappa shape index (κ1) is 19.0. The van der Waals surface area contributed by atoms with Crippen molar-refractivity contribution < 1.29 is 23.1 Å². The average molecular weight is 421 g/mol. The summed E-state index contributed by atoms with van der Waals surface area (Å²) in [6, 6.07) is 10.9. The van der Waals surface area contributed by atoms with Gasteiger partial charge >= 0.3 is 0 Å². The lowest BCUT2D eigenvalue weighted by molar-refractivity contribution is -0.117. The van der Waals surface area contributed by atoms with Gasteiger partial charge in [-0.05, 0) is 24.3 Å². The number of hydrogen-bond donors (Lipinski definition) is 1. The first-order valence-electron chi connectivity index (χ1n) is 9.81. The van der Waals surface area contributed by atoms with Gasteiger partial charge in [0.05, 0.1) is 12.8 Å². The van der Waals surface area contributed by atoms with Crippen molar-refractivity contribution in [3.8, 4) is 29.2 Å². The molecule has 0 atom stereocenters. The zero-order valence-electron chi connectivity index (χ0n) is 16.5. The van der Waals surface area contributed by atoms with E-state index in [1.165, 1.54) is 6.26 Å². The summed E-state index contributed by atoms with van der Waals surface area (Å²) < 4.78 is 21.7. The second kappa shape index (κ2) is 8.04. The number of carbonyl (C=O) groups excluding carboxylic acids is 1. The van der Waals surface area contributed by atoms with Gasteiger partial charge in [0.15, 0.2) is 17.3 Å². The van der Waals surface area contributed by atoms with Gasteiger partial charge in [-0.25, -0.2) is 0 Å². The largest absolute Gasteiger partial charge is 0.459 e. The van der Waals surface area contributed by atoms with Gasteiger partial charge in [-0.15, -0.1) is 0 Å². The van der Waals surface area contributed by atoms with Crippen molar-refractivity contribution in [2.24, 2.45) is 0 Å². The molecule has 5 rings (SSSR count). The average Bonchev–Trinajstić information content (AvgIpc) is 3.53. The maximum Gasteiger partial charge on any atom is 0.266 e. The Morgan fingerprint density at radius 2 is 2.00 bits per heavy atom. The molecule has 0 radical (unpaired) electrons. The predicted molar refractivity (Wildman–Crippen MR) is 109 cm³/mol. The molecule has 4 heterocycles. The van der Waals surface area contributed by atoms with E-state index >= 15 is 0 Å². The van der Waals surface area contributed by atoms with E-state index in [1.807, 2.05) is 4.90 Å². The molecule has 10 heteroatoms. The number of piperazine rings is 1. The van der Waals surface area contributed by atoms with Crippen molar-refractivity contribution in [1.29, 1.82) is 5.26 Å². The second-order valence-electron chi connectivity index (χ2n) is 7.14. The number of nitriles is 1. The molecule has 3 aromatic rings. The van der Waals surface area contributed by atoms with Crippen molar-refractivity contribution in [2.45, 2.75) is 0 Å². The Bertz CT molecular complexity index is 1130. The Balaban J connectivity index is 1.17. The van der Waals surface area contributed by atoms with Crippen LogP contribution in [0.2, 0.25) is 0 Å². The first-order chi connectivity index (χ1) is 15.2. The third-order valence-corrected chi connectivity index (χ3v) is 5.13. The highest BCUT2D eigenvalue weighted by molar-refractivity contribution is 5.92. The van der Waals surface area contributed by atoms with Gasteiger partial charge in [0.2, 0.25) is 24.3 Å². The van der Waals surface area contributed by atoms with E-state index in [0.717, 1.165) is 0 Å². The summed E-state index contributed by atoms with van der Waals surface area (Å²) in [4.78, 5) is 20.7. The lowest BCUT2D eigenvalue weighted by Gasteiger charge is -2.34. The molecule has 0 spiro atoms. The fraction of sp³-hybridized carbons (Fsp3) is 0.286. The van der Waals surface area contributed by atoms with Crippen molar-refractivity contribution in [3.63, 3.8) is 0 Å². The number of furan rings is 1. The Labute approximate surface area is 177 Å². The standard InChI is InChI=1S/C21H19N5O5/c22-11-15-21(31-20(24-15)17-2-1-9-28-17)26-7-5-25(6-8-26)12-19(27)23-14-3-4-16-18(10-14)30-13-29-16/h1-4,9-10H,5-8,12-13H2,(H,23,27). The van der Waals surface area contributed by atoms with Gasteiger partial charge in [0.1, 0.15) is 6.07 Å². The highest BCUT2D eigenvalue weighted by Gasteiger charge is 2.26. The summed E-state index contributed by atoms with van der Waals surface area (Å²) in [7, 11) is 0. The van der Waals surface area contributed by atoms with Crippen LogP contribution in [0.3, 0.4) is 0 Å². The fourth-order valence-corrected chi connectivity index (χ4v) is 3.59. The third kappa shape index (κ3) is 3.91. The van der Waals surface area contributed by atoms with Crippen LogP contribution in [0.15, 0.2) is 45.4 Å². The number of carbonyl (C=O) groups is 1. The lowest BCUT2D eigenvalue weighted by Crippen LogP contribution is -2.48. The van der Waals surface area contributed by atoms with E-state index < -0.39 is 0 Å². The number of anilines is 2. The van der Waals surface area contributed by atoms with E-state index in [-0.39, 0.29) is 30.8 Å². The van der Waals surface area contributed by atoms with Crippen LogP contribution in [0.5, 0.6) is 11.5 Å². The van der Waals surface area contributed by atoms with Crippen molar-refractivity contribution >= 4 is 17.5 Å². The molecule has 0 saturated carbocycles. The van der Waals surface area contributed by atoms with Gasteiger partial charge < -0.3 is 28.5 Å². The van der Waals surface area contributed by atoms with Crippen LogP contribution in [0.1, 0.15) is 5.69 Å². The number of benzene rings is 1. The summed E-state index contributed by atoms with van der Waals surface area (Å²) in [5, 5.41) is 12.3. The maximum atomic E-state index is 12.4. The molecule has 1 amide bonds. The van der Waals surface area contributed by atoms with Gasteiger partial charge in [0.25, 0.3) is 5.89 Å². The van der Waals surface area contributed by atoms with Crippen LogP contribution in [0, 0.1) is 11.3 Å². The van der Waals surface area contributed by atoms with Gasteiger partial charge in [-0.2, -0.15) is 10.2 Å². The Morgan fingerprint density at radius 1 is 1.16 bits per heavy atom. The van der Waals surface area contributed by atoms with E-state index in [0.29, 0.717) is 55.0 Å². The lowest BCUT2D eigenvalue weighted by atomic mass is 10.2. The Hall–Kier alpha value is -3.97. The number of nitrogens with one attached hydrogen (secondary N) is 1. The summed E-state index contributed by atoms with van der Waals surface area (Å²) in [6.45, 7) is 2.98. The van der Waals surface area contributed by atoms with Gasteiger partial charge in [-0.1, -0.05) is 0 Å². The molecular weight excluding hydrogens is 402 g/mol. The zero-order chi connectivity index (χ0) is 21.2. The smallest absolute Gasteiger partial charge is 0.266 e. The van der Waals surface area contributed by atoms with Crippen LogP contribution in [0.4, 0.5) is 11.6 Å². The first-order valence-corrected chi connectivity index (χ1v) is 9.81. The van der Waals surface area contributed by atoms with Crippen molar-refractivity contribution in [2.75, 3.05) is 49.7 Å². The molecule has 1 fully saturated rings. The predicted octanol–water partition coefficient (Wildman–Crippen LogP) is 2.30.